The molecule has 2 atom stereocenters. The van der Waals surface area contributed by atoms with Gasteiger partial charge in [-0.1, -0.05) is 18.9 Å². The molecule has 150 valence electrons. The number of hydrogen-bond donors (Lipinski definition) is 1. The number of thiophene rings is 1. The van der Waals surface area contributed by atoms with Crippen LogP contribution in [0, 0.1) is 11.8 Å². The van der Waals surface area contributed by atoms with Crippen molar-refractivity contribution in [2.24, 2.45) is 11.8 Å². The molecule has 1 N–H and O–H groups in total. The Kier molecular flexibility index (Phi) is 6.45. The monoisotopic (exact) mass is 392 g/mol. The first kappa shape index (κ1) is 20.2. The predicted molar refractivity (Wildman–Crippen MR) is 108 cm³/mol. The summed E-state index contributed by atoms with van der Waals surface area (Å²) in [5.74, 6) is 0.446. The molecule has 2 aliphatic rings. The molecule has 2 fully saturated rings. The van der Waals surface area contributed by atoms with E-state index in [2.05, 4.69) is 22.8 Å². The van der Waals surface area contributed by atoms with Gasteiger partial charge in [-0.2, -0.15) is 0 Å². The highest BCUT2D eigenvalue weighted by molar-refractivity contribution is 7.10. The zero-order chi connectivity index (χ0) is 19.4. The molecule has 3 rings (SSSR count). The molecule has 2 heterocycles. The van der Waals surface area contributed by atoms with E-state index in [9.17, 15) is 9.59 Å². The fourth-order valence-corrected chi connectivity index (χ4v) is 5.00. The lowest BCUT2D eigenvalue weighted by atomic mass is 9.93. The molecule has 5 nitrogen and oxygen atoms in total. The fourth-order valence-electron chi connectivity index (χ4n) is 4.13. The summed E-state index contributed by atoms with van der Waals surface area (Å²) in [7, 11) is 0. The van der Waals surface area contributed by atoms with Gasteiger partial charge in [-0.15, -0.1) is 11.3 Å². The second-order valence-electron chi connectivity index (χ2n) is 8.81. The van der Waals surface area contributed by atoms with Crippen molar-refractivity contribution in [1.82, 2.24) is 10.2 Å². The van der Waals surface area contributed by atoms with E-state index in [-0.39, 0.29) is 24.0 Å². The van der Waals surface area contributed by atoms with Gasteiger partial charge in [0.2, 0.25) is 5.91 Å². The standard InChI is InChI=1S/C21H32N2O3S/c1-21(2,3)26-20(25)23-12-6-10-16(14-23)19(24)22-18(15-8-4-5-9-15)17-11-7-13-27-17/h7,11,13,15-16,18H,4-6,8-10,12,14H2,1-3H3,(H,22,24)/t16-,18+/m0/s1. The summed E-state index contributed by atoms with van der Waals surface area (Å²) in [4.78, 5) is 28.3. The molecular weight excluding hydrogens is 360 g/mol. The molecule has 0 bridgehead atoms. The Morgan fingerprint density at radius 2 is 1.96 bits per heavy atom. The van der Waals surface area contributed by atoms with Gasteiger partial charge in [-0.05, 0) is 63.8 Å². The van der Waals surface area contributed by atoms with E-state index in [1.807, 2.05) is 20.8 Å². The van der Waals surface area contributed by atoms with E-state index in [0.29, 0.717) is 19.0 Å². The molecule has 0 radical (unpaired) electrons. The van der Waals surface area contributed by atoms with Gasteiger partial charge >= 0.3 is 6.09 Å². The van der Waals surface area contributed by atoms with Crippen molar-refractivity contribution in [3.05, 3.63) is 22.4 Å². The molecule has 2 amide bonds. The Balaban J connectivity index is 1.62. The third-order valence-corrected chi connectivity index (χ3v) is 6.42. The summed E-state index contributed by atoms with van der Waals surface area (Å²) in [5, 5.41) is 5.41. The van der Waals surface area contributed by atoms with Crippen molar-refractivity contribution in [2.45, 2.75) is 70.9 Å². The van der Waals surface area contributed by atoms with Gasteiger partial charge < -0.3 is 15.0 Å². The van der Waals surface area contributed by atoms with E-state index >= 15 is 0 Å². The Morgan fingerprint density at radius 3 is 2.59 bits per heavy atom. The summed E-state index contributed by atoms with van der Waals surface area (Å²) in [6, 6.07) is 4.29. The number of piperidine rings is 1. The normalized spacial score (nSPS) is 22.5. The predicted octanol–water partition coefficient (Wildman–Crippen LogP) is 4.74. The maximum absolute atomic E-state index is 13.0. The number of amides is 2. The summed E-state index contributed by atoms with van der Waals surface area (Å²) in [6.45, 7) is 6.71. The lowest BCUT2D eigenvalue weighted by molar-refractivity contribution is -0.127. The molecule has 1 saturated carbocycles. The summed E-state index contributed by atoms with van der Waals surface area (Å²) in [5.41, 5.74) is -0.515. The Bertz CT molecular complexity index is 632. The third-order valence-electron chi connectivity index (χ3n) is 5.46. The van der Waals surface area contributed by atoms with Gasteiger partial charge in [-0.3, -0.25) is 4.79 Å². The van der Waals surface area contributed by atoms with Crippen LogP contribution < -0.4 is 5.32 Å². The number of nitrogens with one attached hydrogen (secondary N) is 1. The third kappa shape index (κ3) is 5.47. The minimum absolute atomic E-state index is 0.0774. The highest BCUT2D eigenvalue weighted by Gasteiger charge is 2.34. The molecule has 6 heteroatoms. The van der Waals surface area contributed by atoms with Crippen LogP contribution in [0.15, 0.2) is 17.5 Å². The first-order chi connectivity index (χ1) is 12.8. The van der Waals surface area contributed by atoms with Crippen molar-refractivity contribution in [1.29, 1.82) is 0 Å². The van der Waals surface area contributed by atoms with Crippen LogP contribution in [-0.4, -0.2) is 35.6 Å². The van der Waals surface area contributed by atoms with Crippen molar-refractivity contribution in [2.75, 3.05) is 13.1 Å². The average molecular weight is 393 g/mol. The van der Waals surface area contributed by atoms with Crippen molar-refractivity contribution in [3.63, 3.8) is 0 Å². The average Bonchev–Trinajstić information content (AvgIpc) is 3.32. The number of likely N-dealkylation sites (tertiary alicyclic amines) is 1. The lowest BCUT2D eigenvalue weighted by Gasteiger charge is -2.34. The van der Waals surface area contributed by atoms with Crippen LogP contribution in [0.1, 0.15) is 70.2 Å². The van der Waals surface area contributed by atoms with Gasteiger partial charge in [0, 0.05) is 18.0 Å². The van der Waals surface area contributed by atoms with Crippen LogP contribution in [0.3, 0.4) is 0 Å². The molecule has 1 aromatic rings. The number of carbonyl (C=O) groups excluding carboxylic acids is 2. The highest BCUT2D eigenvalue weighted by Crippen LogP contribution is 2.37. The SMILES string of the molecule is CC(C)(C)OC(=O)N1CCC[C@H](C(=O)N[C@@H](c2cccs2)C2CCCC2)C1. The number of hydrogen-bond acceptors (Lipinski definition) is 4. The van der Waals surface area contributed by atoms with Crippen molar-refractivity contribution >= 4 is 23.3 Å². The molecule has 0 unspecified atom stereocenters. The van der Waals surface area contributed by atoms with E-state index in [4.69, 9.17) is 4.74 Å². The summed E-state index contributed by atoms with van der Waals surface area (Å²) in [6.07, 6.45) is 6.20. The van der Waals surface area contributed by atoms with E-state index in [1.54, 1.807) is 16.2 Å². The molecule has 0 spiro atoms. The molecule has 0 aromatic carbocycles. The minimum atomic E-state index is -0.515. The van der Waals surface area contributed by atoms with Crippen LogP contribution in [0.4, 0.5) is 4.79 Å². The molecule has 1 aromatic heterocycles. The maximum Gasteiger partial charge on any atom is 0.410 e. The van der Waals surface area contributed by atoms with Gasteiger partial charge in [0.15, 0.2) is 0 Å². The Morgan fingerprint density at radius 1 is 1.22 bits per heavy atom. The first-order valence-corrected chi connectivity index (χ1v) is 11.0. The number of carbonyl (C=O) groups is 2. The summed E-state index contributed by atoms with van der Waals surface area (Å²) >= 11 is 1.72. The van der Waals surface area contributed by atoms with Crippen LogP contribution >= 0.6 is 11.3 Å². The van der Waals surface area contributed by atoms with Crippen LogP contribution in [0.2, 0.25) is 0 Å². The fraction of sp³-hybridized carbons (Fsp3) is 0.714. The second-order valence-corrected chi connectivity index (χ2v) is 9.79. The molecular formula is C21H32N2O3S. The summed E-state index contributed by atoms with van der Waals surface area (Å²) < 4.78 is 5.48. The Hall–Kier alpha value is -1.56. The van der Waals surface area contributed by atoms with Crippen LogP contribution in [0.25, 0.3) is 0 Å². The van der Waals surface area contributed by atoms with E-state index in [0.717, 1.165) is 12.8 Å². The van der Waals surface area contributed by atoms with Crippen LogP contribution in [0.5, 0.6) is 0 Å². The van der Waals surface area contributed by atoms with Crippen molar-refractivity contribution in [3.8, 4) is 0 Å². The molecule has 27 heavy (non-hydrogen) atoms. The van der Waals surface area contributed by atoms with Gasteiger partial charge in [0.1, 0.15) is 5.60 Å². The quantitative estimate of drug-likeness (QED) is 0.805. The van der Waals surface area contributed by atoms with Gasteiger partial charge in [0.25, 0.3) is 0 Å². The van der Waals surface area contributed by atoms with Crippen molar-refractivity contribution < 1.29 is 14.3 Å². The second kappa shape index (κ2) is 8.63. The molecule has 1 aliphatic heterocycles. The smallest absolute Gasteiger partial charge is 0.410 e. The zero-order valence-electron chi connectivity index (χ0n) is 16.7. The minimum Gasteiger partial charge on any atom is -0.444 e. The molecule has 1 aliphatic carbocycles. The number of ether oxygens (including phenoxy) is 1. The van der Waals surface area contributed by atoms with Gasteiger partial charge in [-0.25, -0.2) is 4.79 Å². The van der Waals surface area contributed by atoms with E-state index < -0.39 is 5.60 Å². The van der Waals surface area contributed by atoms with E-state index in [1.165, 1.54) is 30.6 Å². The first-order valence-electron chi connectivity index (χ1n) is 10.2. The maximum atomic E-state index is 13.0. The number of nitrogens with zero attached hydrogens (tertiary/aromatic N) is 1. The lowest BCUT2D eigenvalue weighted by Crippen LogP contribution is -2.48. The van der Waals surface area contributed by atoms with Crippen LogP contribution in [-0.2, 0) is 9.53 Å². The van der Waals surface area contributed by atoms with Gasteiger partial charge in [0.05, 0.1) is 12.0 Å². The number of rotatable bonds is 4. The largest absolute Gasteiger partial charge is 0.444 e. The zero-order valence-corrected chi connectivity index (χ0v) is 17.5. The highest BCUT2D eigenvalue weighted by atomic mass is 32.1. The molecule has 1 saturated heterocycles. The Labute approximate surface area is 166 Å². The topological polar surface area (TPSA) is 58.6 Å².